The number of rotatable bonds is 4. The average Bonchev–Trinajstić information content (AvgIpc) is 2.68. The van der Waals surface area contributed by atoms with Crippen LogP contribution in [0.25, 0.3) is 10.2 Å². The van der Waals surface area contributed by atoms with Crippen LogP contribution in [0.4, 0.5) is 0 Å². The van der Waals surface area contributed by atoms with E-state index in [0.717, 1.165) is 10.2 Å². The smallest absolute Gasteiger partial charge is 0.313 e. The van der Waals surface area contributed by atoms with Crippen LogP contribution >= 0.6 is 11.3 Å². The first kappa shape index (κ1) is 12.0. The predicted molar refractivity (Wildman–Crippen MR) is 69.5 cm³/mol. The van der Waals surface area contributed by atoms with Crippen molar-refractivity contribution in [3.63, 3.8) is 0 Å². The molecule has 0 amide bonds. The molecular formula is C13H15NO2S. The van der Waals surface area contributed by atoms with Crippen LogP contribution in [0.15, 0.2) is 24.3 Å². The number of nitrogens with zero attached hydrogens (tertiary/aromatic N) is 1. The molecule has 17 heavy (non-hydrogen) atoms. The van der Waals surface area contributed by atoms with Crippen molar-refractivity contribution in [2.24, 2.45) is 5.92 Å². The van der Waals surface area contributed by atoms with Gasteiger partial charge in [-0.15, -0.1) is 11.3 Å². The molecule has 2 rings (SSSR count). The fraction of sp³-hybridized carbons (Fsp3) is 0.385. The minimum atomic E-state index is -0.780. The standard InChI is InChI=1S/C13H15NO2S/c1-8(2)7-9(13(15)16)12-14-10-5-3-4-6-11(10)17-12/h3-6,8-9H,7H2,1-2H3,(H,15,16). The molecule has 1 heterocycles. The van der Waals surface area contributed by atoms with E-state index < -0.39 is 11.9 Å². The third kappa shape index (κ3) is 2.64. The maximum atomic E-state index is 11.3. The van der Waals surface area contributed by atoms with Crippen molar-refractivity contribution in [2.75, 3.05) is 0 Å². The third-order valence-electron chi connectivity index (χ3n) is 2.61. The lowest BCUT2D eigenvalue weighted by Gasteiger charge is -2.11. The van der Waals surface area contributed by atoms with Gasteiger partial charge in [-0.05, 0) is 24.5 Å². The number of thiazole rings is 1. The first-order valence-corrected chi connectivity index (χ1v) is 6.48. The van der Waals surface area contributed by atoms with Crippen molar-refractivity contribution < 1.29 is 9.90 Å². The molecule has 0 aliphatic heterocycles. The lowest BCUT2D eigenvalue weighted by molar-refractivity contribution is -0.139. The Morgan fingerprint density at radius 3 is 2.71 bits per heavy atom. The summed E-state index contributed by atoms with van der Waals surface area (Å²) in [5.41, 5.74) is 0.891. The maximum Gasteiger partial charge on any atom is 0.313 e. The van der Waals surface area contributed by atoms with Crippen LogP contribution in [-0.4, -0.2) is 16.1 Å². The van der Waals surface area contributed by atoms with Crippen molar-refractivity contribution in [3.05, 3.63) is 29.3 Å². The maximum absolute atomic E-state index is 11.3. The summed E-state index contributed by atoms with van der Waals surface area (Å²) in [6.07, 6.45) is 0.634. The van der Waals surface area contributed by atoms with Gasteiger partial charge in [0.15, 0.2) is 0 Å². The molecule has 0 bridgehead atoms. The summed E-state index contributed by atoms with van der Waals surface area (Å²) in [4.78, 5) is 15.7. The fourth-order valence-electron chi connectivity index (χ4n) is 1.82. The van der Waals surface area contributed by atoms with E-state index in [1.807, 2.05) is 38.1 Å². The van der Waals surface area contributed by atoms with Crippen LogP contribution < -0.4 is 0 Å². The molecule has 2 aromatic rings. The van der Waals surface area contributed by atoms with Crippen LogP contribution in [0.2, 0.25) is 0 Å². The quantitative estimate of drug-likeness (QED) is 0.902. The van der Waals surface area contributed by atoms with Crippen LogP contribution in [0.1, 0.15) is 31.2 Å². The highest BCUT2D eigenvalue weighted by Crippen LogP contribution is 2.31. The van der Waals surface area contributed by atoms with Gasteiger partial charge in [-0.3, -0.25) is 4.79 Å². The molecule has 1 aromatic carbocycles. The second-order valence-electron chi connectivity index (χ2n) is 4.54. The van der Waals surface area contributed by atoms with Gasteiger partial charge in [0.2, 0.25) is 0 Å². The Hall–Kier alpha value is -1.42. The largest absolute Gasteiger partial charge is 0.481 e. The van der Waals surface area contributed by atoms with Crippen molar-refractivity contribution >= 4 is 27.5 Å². The first-order chi connectivity index (χ1) is 8.08. The molecular weight excluding hydrogens is 234 g/mol. The van der Waals surface area contributed by atoms with E-state index in [2.05, 4.69) is 4.98 Å². The molecule has 0 aliphatic rings. The van der Waals surface area contributed by atoms with Gasteiger partial charge in [0.25, 0.3) is 0 Å². The van der Waals surface area contributed by atoms with Gasteiger partial charge in [0.05, 0.1) is 10.2 Å². The summed E-state index contributed by atoms with van der Waals surface area (Å²) >= 11 is 1.48. The van der Waals surface area contributed by atoms with E-state index in [9.17, 15) is 9.90 Å². The molecule has 1 atom stereocenters. The number of para-hydroxylation sites is 1. The van der Waals surface area contributed by atoms with E-state index in [4.69, 9.17) is 0 Å². The van der Waals surface area contributed by atoms with E-state index in [1.165, 1.54) is 11.3 Å². The molecule has 0 fully saturated rings. The summed E-state index contributed by atoms with van der Waals surface area (Å²) in [6.45, 7) is 4.06. The zero-order valence-electron chi connectivity index (χ0n) is 9.88. The Labute approximate surface area is 104 Å². The number of aliphatic carboxylic acids is 1. The Kier molecular flexibility index (Phi) is 3.43. The average molecular weight is 249 g/mol. The van der Waals surface area contributed by atoms with E-state index >= 15 is 0 Å². The lowest BCUT2D eigenvalue weighted by Crippen LogP contribution is -2.13. The minimum absolute atomic E-state index is 0.350. The van der Waals surface area contributed by atoms with E-state index in [-0.39, 0.29) is 0 Å². The van der Waals surface area contributed by atoms with Crippen molar-refractivity contribution in [1.29, 1.82) is 0 Å². The number of fused-ring (bicyclic) bond motifs is 1. The molecule has 1 N–H and O–H groups in total. The SMILES string of the molecule is CC(C)CC(C(=O)O)c1nc2ccccc2s1. The fourth-order valence-corrected chi connectivity index (χ4v) is 2.89. The zero-order valence-corrected chi connectivity index (χ0v) is 10.7. The molecule has 0 saturated carbocycles. The molecule has 1 unspecified atom stereocenters. The number of benzene rings is 1. The Bertz CT molecular complexity index is 500. The molecule has 4 heteroatoms. The van der Waals surface area contributed by atoms with Gasteiger partial charge in [-0.2, -0.15) is 0 Å². The molecule has 90 valence electrons. The number of carboxylic acids is 1. The van der Waals surface area contributed by atoms with Crippen LogP contribution in [0.3, 0.4) is 0 Å². The highest BCUT2D eigenvalue weighted by Gasteiger charge is 2.24. The van der Waals surface area contributed by atoms with Gasteiger partial charge in [-0.25, -0.2) is 4.98 Å². The molecule has 0 radical (unpaired) electrons. The number of hydrogen-bond donors (Lipinski definition) is 1. The topological polar surface area (TPSA) is 50.2 Å². The predicted octanol–water partition coefficient (Wildman–Crippen LogP) is 3.51. The molecule has 0 aliphatic carbocycles. The normalized spacial score (nSPS) is 13.1. The van der Waals surface area contributed by atoms with Crippen molar-refractivity contribution in [1.82, 2.24) is 4.98 Å². The number of aromatic nitrogens is 1. The lowest BCUT2D eigenvalue weighted by atomic mass is 9.98. The second-order valence-corrected chi connectivity index (χ2v) is 5.60. The third-order valence-corrected chi connectivity index (χ3v) is 3.76. The Balaban J connectivity index is 2.38. The van der Waals surface area contributed by atoms with Gasteiger partial charge >= 0.3 is 5.97 Å². The first-order valence-electron chi connectivity index (χ1n) is 5.66. The van der Waals surface area contributed by atoms with Crippen LogP contribution in [-0.2, 0) is 4.79 Å². The molecule has 1 aromatic heterocycles. The van der Waals surface area contributed by atoms with Gasteiger partial charge in [0, 0.05) is 0 Å². The molecule has 0 spiro atoms. The Morgan fingerprint density at radius 2 is 2.12 bits per heavy atom. The van der Waals surface area contributed by atoms with E-state index in [1.54, 1.807) is 0 Å². The summed E-state index contributed by atoms with van der Waals surface area (Å²) in [5.74, 6) is -0.909. The summed E-state index contributed by atoms with van der Waals surface area (Å²) in [7, 11) is 0. The van der Waals surface area contributed by atoms with Crippen molar-refractivity contribution in [3.8, 4) is 0 Å². The monoisotopic (exact) mass is 249 g/mol. The van der Waals surface area contributed by atoms with Crippen molar-refractivity contribution in [2.45, 2.75) is 26.2 Å². The zero-order chi connectivity index (χ0) is 12.4. The van der Waals surface area contributed by atoms with Gasteiger partial charge in [0.1, 0.15) is 10.9 Å². The number of carbonyl (C=O) groups is 1. The summed E-state index contributed by atoms with van der Waals surface area (Å²) < 4.78 is 1.05. The molecule has 3 nitrogen and oxygen atoms in total. The van der Waals surface area contributed by atoms with E-state index in [0.29, 0.717) is 17.3 Å². The second kappa shape index (κ2) is 4.84. The highest BCUT2D eigenvalue weighted by molar-refractivity contribution is 7.18. The number of carboxylic acid groups (broad SMARTS) is 1. The highest BCUT2D eigenvalue weighted by atomic mass is 32.1. The molecule has 0 saturated heterocycles. The minimum Gasteiger partial charge on any atom is -0.481 e. The van der Waals surface area contributed by atoms with Gasteiger partial charge < -0.3 is 5.11 Å². The van der Waals surface area contributed by atoms with Gasteiger partial charge in [-0.1, -0.05) is 26.0 Å². The Morgan fingerprint density at radius 1 is 1.41 bits per heavy atom. The summed E-state index contributed by atoms with van der Waals surface area (Å²) in [6, 6.07) is 7.76. The summed E-state index contributed by atoms with van der Waals surface area (Å²) in [5, 5.41) is 9.98. The number of hydrogen-bond acceptors (Lipinski definition) is 3. The van der Waals surface area contributed by atoms with Crippen LogP contribution in [0, 0.1) is 5.92 Å². The van der Waals surface area contributed by atoms with Crippen LogP contribution in [0.5, 0.6) is 0 Å².